The van der Waals surface area contributed by atoms with Crippen LogP contribution in [0.5, 0.6) is 0 Å². The van der Waals surface area contributed by atoms with Gasteiger partial charge in [0, 0.05) is 18.0 Å². The van der Waals surface area contributed by atoms with Gasteiger partial charge in [0.15, 0.2) is 5.78 Å². The molecule has 0 amide bonds. The van der Waals surface area contributed by atoms with Crippen LogP contribution in [-0.2, 0) is 15.0 Å². The number of aromatic nitrogens is 1. The predicted molar refractivity (Wildman–Crippen MR) is 71.8 cm³/mol. The van der Waals surface area contributed by atoms with Crippen LogP contribution < -0.4 is 0 Å². The molecule has 18 heavy (non-hydrogen) atoms. The summed E-state index contributed by atoms with van der Waals surface area (Å²) in [6.45, 7) is -1.95. The van der Waals surface area contributed by atoms with Crippen molar-refractivity contribution in [3.05, 3.63) is 26.8 Å². The number of likely N-dealkylation sites (N-methyl/N-ethyl adjacent to an activating group) is 1. The third-order valence-corrected chi connectivity index (χ3v) is 4.58. The van der Waals surface area contributed by atoms with Crippen molar-refractivity contribution in [1.82, 2.24) is 9.29 Å². The van der Waals surface area contributed by atoms with Gasteiger partial charge >= 0.3 is 10.2 Å². The zero-order chi connectivity index (χ0) is 16.0. The molecule has 0 unspecified atom stereocenters. The third kappa shape index (κ3) is 2.38. The molecule has 0 radical (unpaired) electrons. The van der Waals surface area contributed by atoms with Gasteiger partial charge in [-0.1, -0.05) is 0 Å². The highest BCUT2D eigenvalue weighted by atomic mass is 79.9. The van der Waals surface area contributed by atoms with E-state index in [9.17, 15) is 13.2 Å². The van der Waals surface area contributed by atoms with Gasteiger partial charge in [-0.25, -0.2) is 4.98 Å². The maximum absolute atomic E-state index is 12.1. The Bertz CT molecular complexity index is 767. The van der Waals surface area contributed by atoms with Gasteiger partial charge in [-0.05, 0) is 22.0 Å². The predicted octanol–water partition coefficient (Wildman–Crippen LogP) is 1.36. The van der Waals surface area contributed by atoms with E-state index < -0.39 is 28.7 Å². The summed E-state index contributed by atoms with van der Waals surface area (Å²) >= 11 is 4.29. The molecular weight excluding hydrogens is 342 g/mol. The zero-order valence-electron chi connectivity index (χ0n) is 11.9. The fraction of sp³-hybridized carbons (Fsp3) is 0.222. The van der Waals surface area contributed by atoms with E-state index in [0.717, 1.165) is 24.3 Å². The van der Waals surface area contributed by atoms with Crippen LogP contribution in [0.3, 0.4) is 0 Å². The minimum atomic E-state index is -4.54. The van der Waals surface area contributed by atoms with Gasteiger partial charge in [-0.2, -0.15) is 8.42 Å². The Morgan fingerprint density at radius 1 is 1.61 bits per heavy atom. The van der Waals surface area contributed by atoms with E-state index in [1.54, 1.807) is 0 Å². The maximum Gasteiger partial charge on any atom is 0.345 e. The quantitative estimate of drug-likeness (QED) is 0.804. The third-order valence-electron chi connectivity index (χ3n) is 1.99. The van der Waals surface area contributed by atoms with E-state index in [-0.39, 0.29) is 15.0 Å². The number of thiazole rings is 1. The Morgan fingerprint density at radius 2 is 2.33 bits per heavy atom. The van der Waals surface area contributed by atoms with Crippen LogP contribution >= 0.6 is 27.3 Å². The lowest BCUT2D eigenvalue weighted by atomic mass is 10.2. The first-order valence-corrected chi connectivity index (χ1v) is 7.52. The molecule has 2 heterocycles. The second-order valence-corrected chi connectivity index (χ2v) is 7.13. The number of carbonyl (C=O) groups is 1. The molecule has 0 fully saturated rings. The number of ketones is 1. The SMILES string of the molecule is [2H]C([2H])([2H])N1C(C(C)=O)=CC(c2ncc(Br)s2)=NS1(=O)=O. The van der Waals surface area contributed by atoms with Crippen molar-refractivity contribution in [1.29, 1.82) is 0 Å². The standard InChI is InChI=1S/C9H8BrN3O3S2/c1-5(14)7-3-6(9-11-4-8(10)17-9)12-18(15,16)13(7)2/h3-4H,1-2H3/i2D3. The van der Waals surface area contributed by atoms with Crippen molar-refractivity contribution in [3.63, 3.8) is 0 Å². The van der Waals surface area contributed by atoms with Crippen LogP contribution in [0.25, 0.3) is 0 Å². The lowest BCUT2D eigenvalue weighted by molar-refractivity contribution is -0.114. The zero-order valence-corrected chi connectivity index (χ0v) is 12.1. The Balaban J connectivity index is 2.64. The van der Waals surface area contributed by atoms with Crippen LogP contribution in [0.1, 0.15) is 16.0 Å². The average Bonchev–Trinajstić information content (AvgIpc) is 2.71. The van der Waals surface area contributed by atoms with Crippen molar-refractivity contribution in [2.45, 2.75) is 6.92 Å². The van der Waals surface area contributed by atoms with Gasteiger partial charge < -0.3 is 0 Å². The number of nitrogens with zero attached hydrogens (tertiary/aromatic N) is 3. The molecule has 9 heteroatoms. The summed E-state index contributed by atoms with van der Waals surface area (Å²) in [4.78, 5) is 15.6. The molecule has 1 aromatic heterocycles. The molecular formula is C9H8BrN3O3S2. The van der Waals surface area contributed by atoms with Gasteiger partial charge in [0.1, 0.15) is 10.7 Å². The van der Waals surface area contributed by atoms with Crippen molar-refractivity contribution in [3.8, 4) is 0 Å². The highest BCUT2D eigenvalue weighted by Crippen LogP contribution is 2.24. The van der Waals surface area contributed by atoms with Crippen molar-refractivity contribution >= 4 is 49.0 Å². The molecule has 0 N–H and O–H groups in total. The largest absolute Gasteiger partial charge is 0.345 e. The summed E-state index contributed by atoms with van der Waals surface area (Å²) < 4.78 is 50.1. The molecule has 1 aliphatic heterocycles. The Kier molecular flexibility index (Phi) is 2.49. The Labute approximate surface area is 121 Å². The summed E-state index contributed by atoms with van der Waals surface area (Å²) in [5.41, 5.74) is -0.539. The van der Waals surface area contributed by atoms with Crippen LogP contribution in [0.2, 0.25) is 0 Å². The van der Waals surface area contributed by atoms with Crippen molar-refractivity contribution in [2.24, 2.45) is 4.40 Å². The van der Waals surface area contributed by atoms with Gasteiger partial charge in [0.25, 0.3) is 0 Å². The number of hydrogen-bond donors (Lipinski definition) is 0. The Morgan fingerprint density at radius 3 is 2.83 bits per heavy atom. The fourth-order valence-electron chi connectivity index (χ4n) is 1.22. The maximum atomic E-state index is 12.1. The van der Waals surface area contributed by atoms with E-state index in [0.29, 0.717) is 3.79 Å². The van der Waals surface area contributed by atoms with Gasteiger partial charge in [-0.15, -0.1) is 15.7 Å². The summed E-state index contributed by atoms with van der Waals surface area (Å²) in [5.74, 6) is -0.697. The monoisotopic (exact) mass is 352 g/mol. The first-order chi connectivity index (χ1) is 9.52. The summed E-state index contributed by atoms with van der Waals surface area (Å²) in [6.07, 6.45) is 2.56. The number of halogens is 1. The molecule has 1 aliphatic rings. The molecule has 0 spiro atoms. The van der Waals surface area contributed by atoms with E-state index in [1.807, 2.05) is 0 Å². The van der Waals surface area contributed by atoms with E-state index in [2.05, 4.69) is 25.3 Å². The van der Waals surface area contributed by atoms with Crippen molar-refractivity contribution in [2.75, 3.05) is 6.98 Å². The highest BCUT2D eigenvalue weighted by Gasteiger charge is 2.28. The summed E-state index contributed by atoms with van der Waals surface area (Å²) in [7, 11) is -4.54. The molecule has 0 saturated heterocycles. The number of rotatable bonds is 2. The van der Waals surface area contributed by atoms with E-state index in [1.165, 1.54) is 6.20 Å². The topological polar surface area (TPSA) is 79.7 Å². The molecule has 1 aromatic rings. The lowest BCUT2D eigenvalue weighted by Gasteiger charge is -2.21. The van der Waals surface area contributed by atoms with E-state index >= 15 is 0 Å². The van der Waals surface area contributed by atoms with Gasteiger partial charge in [0.05, 0.1) is 15.7 Å². The molecule has 96 valence electrons. The number of Topliss-reactive ketones (excluding diaryl/α,β-unsaturated/α-hetero) is 1. The molecule has 2 rings (SSSR count). The molecule has 0 aliphatic carbocycles. The highest BCUT2D eigenvalue weighted by molar-refractivity contribution is 9.11. The second kappa shape index (κ2) is 4.56. The molecule has 0 aromatic carbocycles. The van der Waals surface area contributed by atoms with Gasteiger partial charge in [-0.3, -0.25) is 9.10 Å². The summed E-state index contributed by atoms with van der Waals surface area (Å²) in [5, 5.41) is 0.259. The van der Waals surface area contributed by atoms with Crippen LogP contribution in [0.4, 0.5) is 0 Å². The first-order valence-electron chi connectivity index (χ1n) is 6.02. The molecule has 0 atom stereocenters. The van der Waals surface area contributed by atoms with Crippen LogP contribution in [0.15, 0.2) is 26.2 Å². The normalized spacial score (nSPS) is 21.4. The molecule has 0 saturated carbocycles. The average molecular weight is 353 g/mol. The number of allylic oxidation sites excluding steroid dienone is 2. The molecule has 6 nitrogen and oxygen atoms in total. The van der Waals surface area contributed by atoms with Gasteiger partial charge in [0.2, 0.25) is 0 Å². The number of hydrogen-bond acceptors (Lipinski definition) is 5. The van der Waals surface area contributed by atoms with Crippen molar-refractivity contribution < 1.29 is 17.3 Å². The Hall–Kier alpha value is -1.06. The fourth-order valence-corrected chi connectivity index (χ4v) is 3.35. The van der Waals surface area contributed by atoms with Crippen LogP contribution in [-0.4, -0.2) is 36.2 Å². The smallest absolute Gasteiger partial charge is 0.293 e. The summed E-state index contributed by atoms with van der Waals surface area (Å²) in [6, 6.07) is 0. The minimum absolute atomic E-state index is 0.0501. The minimum Gasteiger partial charge on any atom is -0.293 e. The second-order valence-electron chi connectivity index (χ2n) is 3.27. The van der Waals surface area contributed by atoms with Crippen LogP contribution in [0, 0.1) is 0 Å². The molecule has 0 bridgehead atoms. The van der Waals surface area contributed by atoms with E-state index in [4.69, 9.17) is 4.11 Å². The lowest BCUT2D eigenvalue weighted by Crippen LogP contribution is -2.32. The first kappa shape index (κ1) is 9.82. The number of carbonyl (C=O) groups excluding carboxylic acids is 1.